The van der Waals surface area contributed by atoms with Gasteiger partial charge < -0.3 is 9.84 Å². The fourth-order valence-corrected chi connectivity index (χ4v) is 7.92. The highest BCUT2D eigenvalue weighted by Gasteiger charge is 2.69. The number of allylic oxidation sites excluding steroid dienone is 1. The number of hydrogen-bond acceptors (Lipinski definition) is 4. The Kier molecular flexibility index (Phi) is 4.24. The lowest BCUT2D eigenvalue weighted by Gasteiger charge is -2.58. The van der Waals surface area contributed by atoms with Crippen molar-refractivity contribution in [2.75, 3.05) is 0 Å². The van der Waals surface area contributed by atoms with Crippen LogP contribution in [0.4, 0.5) is 0 Å². The number of halogens is 1. The van der Waals surface area contributed by atoms with Crippen LogP contribution in [-0.2, 0) is 14.3 Å². The Morgan fingerprint density at radius 1 is 1.23 bits per heavy atom. The highest BCUT2D eigenvalue weighted by Crippen LogP contribution is 2.68. The number of rotatable bonds is 1. The molecule has 7 atom stereocenters. The van der Waals surface area contributed by atoms with Crippen LogP contribution in [0.5, 0.6) is 0 Å². The van der Waals surface area contributed by atoms with Gasteiger partial charge in [0.2, 0.25) is 5.79 Å². The molecule has 0 heterocycles. The van der Waals surface area contributed by atoms with Gasteiger partial charge in [-0.15, -0.1) is 0 Å². The second kappa shape index (κ2) is 5.91. The van der Waals surface area contributed by atoms with Gasteiger partial charge >= 0.3 is 5.97 Å². The Bertz CT molecular complexity index is 687. The lowest BCUT2D eigenvalue weighted by atomic mass is 9.47. The fraction of sp³-hybridized carbons (Fsp3) is 0.810. The molecule has 0 aromatic rings. The predicted molar refractivity (Wildman–Crippen MR) is 102 cm³/mol. The zero-order valence-electron chi connectivity index (χ0n) is 15.9. The molecule has 3 saturated carbocycles. The molecule has 4 unspecified atom stereocenters. The average molecular weight is 425 g/mol. The standard InChI is InChI=1S/C21H29BrO4/c1-12(23)26-21(25)18(22)11-17-15-5-4-13-10-14(24)6-8-19(13,2)16(15)7-9-20(17,21)3/h10,15-18,25H,4-9,11H2,1-3H3/t15?,16?,17?,18?,19-,20-,21-/m0/s1. The number of ketones is 1. The molecule has 1 N–H and O–H groups in total. The Morgan fingerprint density at radius 2 is 1.96 bits per heavy atom. The second-order valence-corrected chi connectivity index (χ2v) is 10.5. The molecule has 5 heteroatoms. The van der Waals surface area contributed by atoms with Crippen LogP contribution in [0.25, 0.3) is 0 Å². The number of alkyl halides is 1. The van der Waals surface area contributed by atoms with Gasteiger partial charge in [-0.2, -0.15) is 0 Å². The van der Waals surface area contributed by atoms with Gasteiger partial charge in [0.1, 0.15) is 0 Å². The molecular weight excluding hydrogens is 396 g/mol. The molecule has 0 amide bonds. The topological polar surface area (TPSA) is 63.6 Å². The van der Waals surface area contributed by atoms with E-state index >= 15 is 0 Å². The first-order valence-electron chi connectivity index (χ1n) is 9.92. The summed E-state index contributed by atoms with van der Waals surface area (Å²) in [6.07, 6.45) is 8.27. The van der Waals surface area contributed by atoms with E-state index in [2.05, 4.69) is 29.8 Å². The van der Waals surface area contributed by atoms with E-state index in [1.165, 1.54) is 12.5 Å². The van der Waals surface area contributed by atoms with Crippen LogP contribution in [0, 0.1) is 28.6 Å². The SMILES string of the molecule is CC(=O)O[C@@]1(O)C(Br)CC2C3CCC4=CC(=O)CC[C@]4(C)C3CC[C@@]21C. The number of hydrogen-bond donors (Lipinski definition) is 1. The minimum Gasteiger partial charge on any atom is -0.432 e. The lowest BCUT2D eigenvalue weighted by molar-refractivity contribution is -0.260. The first kappa shape index (κ1) is 18.7. The Balaban J connectivity index is 1.69. The van der Waals surface area contributed by atoms with Crippen molar-refractivity contribution in [1.29, 1.82) is 0 Å². The van der Waals surface area contributed by atoms with Crippen molar-refractivity contribution in [1.82, 2.24) is 0 Å². The summed E-state index contributed by atoms with van der Waals surface area (Å²) >= 11 is 3.64. The van der Waals surface area contributed by atoms with E-state index in [-0.39, 0.29) is 16.0 Å². The molecule has 0 aromatic heterocycles. The highest BCUT2D eigenvalue weighted by molar-refractivity contribution is 9.09. The number of carbonyl (C=O) groups excluding carboxylic acids is 2. The molecular formula is C21H29BrO4. The van der Waals surface area contributed by atoms with Crippen LogP contribution in [0.1, 0.15) is 65.7 Å². The van der Waals surface area contributed by atoms with Crippen LogP contribution < -0.4 is 0 Å². The molecule has 0 radical (unpaired) electrons. The number of carbonyl (C=O) groups is 2. The van der Waals surface area contributed by atoms with E-state index in [1.54, 1.807) is 0 Å². The molecule has 4 rings (SSSR count). The Morgan fingerprint density at radius 3 is 2.65 bits per heavy atom. The van der Waals surface area contributed by atoms with Gasteiger partial charge in [0.05, 0.1) is 4.83 Å². The molecule has 0 aliphatic heterocycles. The number of ether oxygens (including phenoxy) is 1. The summed E-state index contributed by atoms with van der Waals surface area (Å²) in [6, 6.07) is 0. The van der Waals surface area contributed by atoms with Crippen molar-refractivity contribution >= 4 is 27.7 Å². The first-order valence-corrected chi connectivity index (χ1v) is 10.8. The summed E-state index contributed by atoms with van der Waals surface area (Å²) in [7, 11) is 0. The van der Waals surface area contributed by atoms with Crippen LogP contribution in [-0.4, -0.2) is 27.5 Å². The summed E-state index contributed by atoms with van der Waals surface area (Å²) in [5, 5.41) is 11.4. The third-order valence-electron chi connectivity index (χ3n) is 8.35. The maximum Gasteiger partial charge on any atom is 0.305 e. The molecule has 4 aliphatic carbocycles. The second-order valence-electron chi connectivity index (χ2n) is 9.42. The molecule has 144 valence electrons. The maximum atomic E-state index is 11.9. The largest absolute Gasteiger partial charge is 0.432 e. The Hall–Kier alpha value is -0.680. The van der Waals surface area contributed by atoms with E-state index < -0.39 is 17.2 Å². The smallest absolute Gasteiger partial charge is 0.305 e. The van der Waals surface area contributed by atoms with E-state index in [0.29, 0.717) is 24.2 Å². The Labute approximate surface area is 163 Å². The van der Waals surface area contributed by atoms with Crippen molar-refractivity contribution in [2.45, 2.75) is 76.3 Å². The monoisotopic (exact) mass is 424 g/mol. The minimum absolute atomic E-state index is 0.113. The van der Waals surface area contributed by atoms with Gasteiger partial charge in [0.15, 0.2) is 5.78 Å². The van der Waals surface area contributed by atoms with Gasteiger partial charge in [0.25, 0.3) is 0 Å². The number of fused-ring (bicyclic) bond motifs is 5. The summed E-state index contributed by atoms with van der Waals surface area (Å²) in [6.45, 7) is 5.83. The summed E-state index contributed by atoms with van der Waals surface area (Å²) in [5.41, 5.74) is 1.04. The highest BCUT2D eigenvalue weighted by atomic mass is 79.9. The summed E-state index contributed by atoms with van der Waals surface area (Å²) in [4.78, 5) is 23.4. The molecule has 0 saturated heterocycles. The summed E-state index contributed by atoms with van der Waals surface area (Å²) in [5.74, 6) is -0.198. The van der Waals surface area contributed by atoms with E-state index in [1.807, 2.05) is 6.08 Å². The van der Waals surface area contributed by atoms with Crippen molar-refractivity contribution < 1.29 is 19.4 Å². The van der Waals surface area contributed by atoms with Crippen LogP contribution >= 0.6 is 15.9 Å². The van der Waals surface area contributed by atoms with Crippen LogP contribution in [0.15, 0.2) is 11.6 Å². The van der Waals surface area contributed by atoms with Crippen molar-refractivity contribution in [2.24, 2.45) is 28.6 Å². The molecule has 4 nitrogen and oxygen atoms in total. The molecule has 0 aromatic carbocycles. The molecule has 3 fully saturated rings. The van der Waals surface area contributed by atoms with Crippen molar-refractivity contribution in [3.8, 4) is 0 Å². The lowest BCUT2D eigenvalue weighted by Crippen LogP contribution is -2.57. The van der Waals surface area contributed by atoms with E-state index in [4.69, 9.17) is 4.74 Å². The first-order chi connectivity index (χ1) is 12.1. The minimum atomic E-state index is -1.44. The van der Waals surface area contributed by atoms with E-state index in [0.717, 1.165) is 38.5 Å². The van der Waals surface area contributed by atoms with Gasteiger partial charge in [-0.1, -0.05) is 35.4 Å². The fourth-order valence-electron chi connectivity index (χ4n) is 6.90. The van der Waals surface area contributed by atoms with Crippen LogP contribution in [0.2, 0.25) is 0 Å². The quantitative estimate of drug-likeness (QED) is 0.390. The van der Waals surface area contributed by atoms with Crippen molar-refractivity contribution in [3.63, 3.8) is 0 Å². The van der Waals surface area contributed by atoms with E-state index in [9.17, 15) is 14.7 Å². The van der Waals surface area contributed by atoms with Gasteiger partial charge in [-0.3, -0.25) is 9.59 Å². The van der Waals surface area contributed by atoms with Gasteiger partial charge in [0, 0.05) is 18.8 Å². The van der Waals surface area contributed by atoms with Gasteiger partial charge in [-0.25, -0.2) is 0 Å². The average Bonchev–Trinajstić information content (AvgIpc) is 2.75. The molecule has 26 heavy (non-hydrogen) atoms. The maximum absolute atomic E-state index is 11.9. The zero-order valence-corrected chi connectivity index (χ0v) is 17.5. The third kappa shape index (κ3) is 2.35. The normalized spacial score (nSPS) is 50.3. The zero-order chi connectivity index (χ0) is 18.9. The molecule has 0 spiro atoms. The molecule has 0 bridgehead atoms. The third-order valence-corrected chi connectivity index (χ3v) is 9.35. The van der Waals surface area contributed by atoms with Crippen LogP contribution in [0.3, 0.4) is 0 Å². The van der Waals surface area contributed by atoms with Gasteiger partial charge in [-0.05, 0) is 67.8 Å². The summed E-state index contributed by atoms with van der Waals surface area (Å²) < 4.78 is 5.52. The number of aliphatic hydroxyl groups is 1. The van der Waals surface area contributed by atoms with Crippen molar-refractivity contribution in [3.05, 3.63) is 11.6 Å². The predicted octanol–water partition coefficient (Wildman–Crippen LogP) is 4.14. The number of esters is 1. The molecule has 4 aliphatic rings.